The van der Waals surface area contributed by atoms with Crippen LogP contribution in [0.3, 0.4) is 0 Å². The van der Waals surface area contributed by atoms with E-state index in [0.29, 0.717) is 5.69 Å². The van der Waals surface area contributed by atoms with Crippen LogP contribution in [0.2, 0.25) is 0 Å². The van der Waals surface area contributed by atoms with Crippen molar-refractivity contribution in [2.24, 2.45) is 0 Å². The van der Waals surface area contributed by atoms with Crippen LogP contribution in [0.1, 0.15) is 11.3 Å². The van der Waals surface area contributed by atoms with E-state index in [4.69, 9.17) is 4.74 Å². The van der Waals surface area contributed by atoms with E-state index >= 15 is 0 Å². The third kappa shape index (κ3) is 3.53. The van der Waals surface area contributed by atoms with E-state index < -0.39 is 23.0 Å². The molecule has 0 aliphatic carbocycles. The molecule has 0 saturated heterocycles. The molecule has 0 atom stereocenters. The summed E-state index contributed by atoms with van der Waals surface area (Å²) in [6.07, 6.45) is 0. The quantitative estimate of drug-likeness (QED) is 0.609. The van der Waals surface area contributed by atoms with Crippen molar-refractivity contribution in [3.63, 3.8) is 0 Å². The van der Waals surface area contributed by atoms with Crippen molar-refractivity contribution in [2.45, 2.75) is 13.5 Å². The summed E-state index contributed by atoms with van der Waals surface area (Å²) < 4.78 is 47.4. The highest BCUT2D eigenvalue weighted by atomic mass is 79.9. The zero-order valence-corrected chi connectivity index (χ0v) is 15.1. The van der Waals surface area contributed by atoms with E-state index in [1.807, 2.05) is 0 Å². The van der Waals surface area contributed by atoms with E-state index in [9.17, 15) is 18.0 Å². The first-order chi connectivity index (χ1) is 12.4. The maximum absolute atomic E-state index is 14.0. The Kier molecular flexibility index (Phi) is 5.18. The summed E-state index contributed by atoms with van der Waals surface area (Å²) in [6, 6.07) is 11.6. The molecular formula is C19H12BrF3NO2. The number of aromatic nitrogens is 1. The van der Waals surface area contributed by atoms with Gasteiger partial charge in [0.2, 0.25) is 0 Å². The number of hydrogen-bond donors (Lipinski definition) is 0. The van der Waals surface area contributed by atoms with Gasteiger partial charge in [-0.3, -0.25) is 9.36 Å². The third-order valence-electron chi connectivity index (χ3n) is 3.71. The molecule has 0 saturated carbocycles. The minimum absolute atomic E-state index is 0.00757. The highest BCUT2D eigenvalue weighted by Crippen LogP contribution is 2.26. The molecule has 133 valence electrons. The van der Waals surface area contributed by atoms with Gasteiger partial charge in [0.05, 0.1) is 5.69 Å². The summed E-state index contributed by atoms with van der Waals surface area (Å²) in [5.41, 5.74) is 0.00412. The predicted octanol–water partition coefficient (Wildman–Crippen LogP) is 4.70. The highest BCUT2D eigenvalue weighted by molar-refractivity contribution is 9.10. The zero-order valence-electron chi connectivity index (χ0n) is 13.5. The Morgan fingerprint density at radius 2 is 1.92 bits per heavy atom. The molecular weight excluding hydrogens is 411 g/mol. The van der Waals surface area contributed by atoms with Crippen LogP contribution in [0.25, 0.3) is 5.69 Å². The van der Waals surface area contributed by atoms with Gasteiger partial charge >= 0.3 is 0 Å². The highest BCUT2D eigenvalue weighted by Gasteiger charge is 2.16. The van der Waals surface area contributed by atoms with Gasteiger partial charge in [0.15, 0.2) is 0 Å². The van der Waals surface area contributed by atoms with Crippen LogP contribution >= 0.6 is 15.9 Å². The van der Waals surface area contributed by atoms with E-state index in [-0.39, 0.29) is 28.1 Å². The Bertz CT molecular complexity index is 1030. The molecule has 1 heterocycles. The summed E-state index contributed by atoms with van der Waals surface area (Å²) in [5.74, 6) is -1.85. The summed E-state index contributed by atoms with van der Waals surface area (Å²) in [5, 5.41) is 0. The van der Waals surface area contributed by atoms with Gasteiger partial charge in [-0.15, -0.1) is 0 Å². The molecule has 26 heavy (non-hydrogen) atoms. The number of rotatable bonds is 4. The van der Waals surface area contributed by atoms with Gasteiger partial charge in [-0.1, -0.05) is 12.1 Å². The second-order valence-corrected chi connectivity index (χ2v) is 6.29. The monoisotopic (exact) mass is 422 g/mol. The molecule has 0 spiro atoms. The number of aryl methyl sites for hydroxylation is 1. The van der Waals surface area contributed by atoms with Crippen molar-refractivity contribution in [1.29, 1.82) is 0 Å². The Balaban J connectivity index is 1.96. The normalized spacial score (nSPS) is 10.8. The van der Waals surface area contributed by atoms with Crippen LogP contribution in [-0.4, -0.2) is 4.57 Å². The maximum Gasteiger partial charge on any atom is 0.273 e. The fourth-order valence-corrected chi connectivity index (χ4v) is 2.84. The minimum Gasteiger partial charge on any atom is -0.487 e. The summed E-state index contributed by atoms with van der Waals surface area (Å²) in [6.45, 7) is 1.42. The first-order valence-corrected chi connectivity index (χ1v) is 8.33. The Hall–Kier alpha value is -2.54. The van der Waals surface area contributed by atoms with Gasteiger partial charge in [-0.25, -0.2) is 13.2 Å². The van der Waals surface area contributed by atoms with E-state index in [1.165, 1.54) is 30.3 Å². The number of pyridine rings is 1. The molecule has 0 aliphatic heterocycles. The molecule has 0 N–H and O–H groups in total. The van der Waals surface area contributed by atoms with Crippen LogP contribution in [0, 0.1) is 30.4 Å². The van der Waals surface area contributed by atoms with Gasteiger partial charge in [0, 0.05) is 29.5 Å². The lowest BCUT2D eigenvalue weighted by Crippen LogP contribution is -2.23. The van der Waals surface area contributed by atoms with Gasteiger partial charge in [-0.05, 0) is 41.1 Å². The van der Waals surface area contributed by atoms with Crippen LogP contribution < -0.4 is 10.3 Å². The Morgan fingerprint density at radius 3 is 2.62 bits per heavy atom. The molecule has 0 bridgehead atoms. The second-order valence-electron chi connectivity index (χ2n) is 5.50. The number of halogens is 4. The fraction of sp³-hybridized carbons (Fsp3) is 0.105. The summed E-state index contributed by atoms with van der Waals surface area (Å²) >= 11 is 3.14. The lowest BCUT2D eigenvalue weighted by Gasteiger charge is -2.15. The van der Waals surface area contributed by atoms with E-state index in [2.05, 4.69) is 22.0 Å². The molecule has 2 aromatic carbocycles. The number of ether oxygens (including phenoxy) is 1. The number of nitrogens with zero attached hydrogens (tertiary/aromatic N) is 1. The zero-order chi connectivity index (χ0) is 18.8. The van der Waals surface area contributed by atoms with Crippen molar-refractivity contribution < 1.29 is 17.9 Å². The molecule has 0 aliphatic rings. The van der Waals surface area contributed by atoms with Crippen molar-refractivity contribution >= 4 is 15.9 Å². The molecule has 0 amide bonds. The molecule has 0 unspecified atom stereocenters. The van der Waals surface area contributed by atoms with Crippen LogP contribution in [-0.2, 0) is 6.61 Å². The van der Waals surface area contributed by atoms with Gasteiger partial charge < -0.3 is 4.74 Å². The number of hydrogen-bond acceptors (Lipinski definition) is 2. The largest absolute Gasteiger partial charge is 0.487 e. The van der Waals surface area contributed by atoms with Crippen LogP contribution in [0.15, 0.2) is 51.7 Å². The predicted molar refractivity (Wildman–Crippen MR) is 94.0 cm³/mol. The van der Waals surface area contributed by atoms with Gasteiger partial charge in [0.1, 0.15) is 34.3 Å². The molecule has 7 heteroatoms. The second kappa shape index (κ2) is 7.37. The van der Waals surface area contributed by atoms with Crippen molar-refractivity contribution in [3.05, 3.63) is 92.1 Å². The number of para-hydroxylation sites is 1. The van der Waals surface area contributed by atoms with Crippen molar-refractivity contribution in [2.75, 3.05) is 0 Å². The van der Waals surface area contributed by atoms with E-state index in [1.54, 1.807) is 6.92 Å². The topological polar surface area (TPSA) is 31.2 Å². The van der Waals surface area contributed by atoms with Gasteiger partial charge in [-0.2, -0.15) is 0 Å². The van der Waals surface area contributed by atoms with Gasteiger partial charge in [0.25, 0.3) is 5.56 Å². The standard InChI is InChI=1S/C19H12BrF3NO2/c1-11-8-17(26-10-12-6-7-13(21)9-15(12)23)18(20)19(25)24(11)16-5-3-2-4-14(16)22/h2-4,6-9H,10H2,1H3. The molecule has 1 radical (unpaired) electrons. The molecule has 3 rings (SSSR count). The SMILES string of the molecule is Cc1cc(OCc2ccc(F)cc2F)c(Br)c(=O)n1-c1[c]cccc1F. The third-order valence-corrected chi connectivity index (χ3v) is 4.44. The molecule has 3 nitrogen and oxygen atoms in total. The van der Waals surface area contributed by atoms with E-state index in [0.717, 1.165) is 16.7 Å². The Labute approximate surface area is 155 Å². The minimum atomic E-state index is -0.743. The molecule has 3 aromatic rings. The smallest absolute Gasteiger partial charge is 0.273 e. The van der Waals surface area contributed by atoms with Crippen LogP contribution in [0.4, 0.5) is 13.2 Å². The maximum atomic E-state index is 14.0. The average Bonchev–Trinajstić information content (AvgIpc) is 2.60. The Morgan fingerprint density at radius 1 is 1.15 bits per heavy atom. The molecule has 0 fully saturated rings. The number of benzene rings is 2. The first kappa shape index (κ1) is 18.3. The lowest BCUT2D eigenvalue weighted by molar-refractivity contribution is 0.296. The van der Waals surface area contributed by atoms with Crippen LogP contribution in [0.5, 0.6) is 5.75 Å². The first-order valence-electron chi connectivity index (χ1n) is 7.54. The lowest BCUT2D eigenvalue weighted by atomic mass is 10.2. The fourth-order valence-electron chi connectivity index (χ4n) is 2.44. The summed E-state index contributed by atoms with van der Waals surface area (Å²) in [4.78, 5) is 12.6. The van der Waals surface area contributed by atoms with Crippen molar-refractivity contribution in [3.8, 4) is 11.4 Å². The average molecular weight is 423 g/mol. The van der Waals surface area contributed by atoms with Crippen molar-refractivity contribution in [1.82, 2.24) is 4.57 Å². The molecule has 1 aromatic heterocycles. The summed E-state index contributed by atoms with van der Waals surface area (Å²) in [7, 11) is 0.